The van der Waals surface area contributed by atoms with E-state index in [4.69, 9.17) is 4.42 Å². The van der Waals surface area contributed by atoms with E-state index in [1.807, 2.05) is 24.3 Å². The molecule has 0 spiro atoms. The number of thiazole rings is 1. The fraction of sp³-hybridized carbons (Fsp3) is 0. The molecular weight excluding hydrogens is 376 g/mol. The van der Waals surface area contributed by atoms with Crippen molar-refractivity contribution in [2.24, 2.45) is 0 Å². The zero-order valence-electron chi connectivity index (χ0n) is 14.3. The van der Waals surface area contributed by atoms with Crippen LogP contribution in [0, 0.1) is 0 Å². The van der Waals surface area contributed by atoms with E-state index in [0.717, 1.165) is 16.6 Å². The number of imidazole rings is 1. The Hall–Kier alpha value is -3.71. The topological polar surface area (TPSA) is 87.6 Å². The molecule has 3 heterocycles. The van der Waals surface area contributed by atoms with Crippen LogP contribution >= 0.6 is 11.3 Å². The molecule has 0 amide bonds. The number of furan rings is 1. The molecule has 0 fully saturated rings. The Labute approximate surface area is 161 Å². The van der Waals surface area contributed by atoms with Gasteiger partial charge in [-0.1, -0.05) is 47.7 Å². The van der Waals surface area contributed by atoms with Crippen LogP contribution in [0.15, 0.2) is 69.9 Å². The maximum absolute atomic E-state index is 12.8. The Morgan fingerprint density at radius 2 is 1.86 bits per heavy atom. The smallest absolute Gasteiger partial charge is 0.275 e. The highest BCUT2D eigenvalue weighted by Crippen LogP contribution is 2.23. The number of para-hydroxylation sites is 2. The van der Waals surface area contributed by atoms with Crippen LogP contribution in [0.25, 0.3) is 33.4 Å². The molecular formula is C21H11N2O4S-. The molecule has 0 saturated heterocycles. The highest BCUT2D eigenvalue weighted by molar-refractivity contribution is 7.15. The standard InChI is InChI=1S/C21H12N2O4S/c24-19-18(28-21-22-15-3-1-2-4-16(15)23(19)21)11-14-9-10-17(27-14)12-5-7-13(8-6-12)20(25)26/h1-11H,(H,25,26)/p-1/b18-11+. The second kappa shape index (κ2) is 6.17. The summed E-state index contributed by atoms with van der Waals surface area (Å²) >= 11 is 1.31. The van der Waals surface area contributed by atoms with Gasteiger partial charge in [-0.2, -0.15) is 0 Å². The Bertz CT molecular complexity index is 1460. The molecule has 3 aromatic heterocycles. The number of carbonyl (C=O) groups excluding carboxylic acids is 1. The molecule has 6 nitrogen and oxygen atoms in total. The third-order valence-corrected chi connectivity index (χ3v) is 5.42. The highest BCUT2D eigenvalue weighted by atomic mass is 32.1. The molecule has 0 radical (unpaired) electrons. The second-order valence-corrected chi connectivity index (χ2v) is 7.21. The number of benzene rings is 2. The Kier molecular flexibility index (Phi) is 3.63. The maximum atomic E-state index is 12.8. The van der Waals surface area contributed by atoms with Crippen molar-refractivity contribution in [2.45, 2.75) is 0 Å². The van der Waals surface area contributed by atoms with Crippen molar-refractivity contribution >= 4 is 39.4 Å². The van der Waals surface area contributed by atoms with Gasteiger partial charge in [-0.15, -0.1) is 0 Å². The summed E-state index contributed by atoms with van der Waals surface area (Å²) in [5, 5.41) is 10.8. The van der Waals surface area contributed by atoms with Crippen molar-refractivity contribution in [3.63, 3.8) is 0 Å². The average Bonchev–Trinajstić information content (AvgIpc) is 3.38. The summed E-state index contributed by atoms with van der Waals surface area (Å²) in [6.07, 6.45) is 1.69. The molecule has 7 heteroatoms. The van der Waals surface area contributed by atoms with Crippen molar-refractivity contribution in [3.8, 4) is 11.3 Å². The van der Waals surface area contributed by atoms with Gasteiger partial charge in [0.05, 0.1) is 17.0 Å². The summed E-state index contributed by atoms with van der Waals surface area (Å²) in [6.45, 7) is 0. The van der Waals surface area contributed by atoms with Crippen LogP contribution in [-0.2, 0) is 0 Å². The Morgan fingerprint density at radius 3 is 2.64 bits per heavy atom. The van der Waals surface area contributed by atoms with Gasteiger partial charge in [0.25, 0.3) is 5.56 Å². The third-order valence-electron chi connectivity index (χ3n) is 4.45. The Balaban J connectivity index is 1.56. The van der Waals surface area contributed by atoms with Gasteiger partial charge < -0.3 is 14.3 Å². The molecule has 0 bridgehead atoms. The summed E-state index contributed by atoms with van der Waals surface area (Å²) in [5.41, 5.74) is 2.28. The van der Waals surface area contributed by atoms with Crippen molar-refractivity contribution in [3.05, 3.63) is 86.9 Å². The number of aromatic nitrogens is 2. The molecule has 0 N–H and O–H groups in total. The van der Waals surface area contributed by atoms with E-state index in [-0.39, 0.29) is 11.1 Å². The number of rotatable bonds is 3. The summed E-state index contributed by atoms with van der Waals surface area (Å²) < 4.78 is 7.94. The van der Waals surface area contributed by atoms with Gasteiger partial charge >= 0.3 is 0 Å². The van der Waals surface area contributed by atoms with Crippen LogP contribution in [0.1, 0.15) is 16.1 Å². The predicted molar refractivity (Wildman–Crippen MR) is 104 cm³/mol. The first-order chi connectivity index (χ1) is 13.6. The number of hydrogen-bond acceptors (Lipinski definition) is 6. The second-order valence-electron chi connectivity index (χ2n) is 6.20. The maximum Gasteiger partial charge on any atom is 0.275 e. The van der Waals surface area contributed by atoms with E-state index in [2.05, 4.69) is 4.98 Å². The molecule has 136 valence electrons. The van der Waals surface area contributed by atoms with Gasteiger partial charge in [-0.25, -0.2) is 9.38 Å². The van der Waals surface area contributed by atoms with Crippen molar-refractivity contribution in [1.29, 1.82) is 0 Å². The lowest BCUT2D eigenvalue weighted by molar-refractivity contribution is -0.255. The van der Waals surface area contributed by atoms with Gasteiger partial charge in [0.2, 0.25) is 0 Å². The van der Waals surface area contributed by atoms with Crippen molar-refractivity contribution < 1.29 is 14.3 Å². The number of carbonyl (C=O) groups is 1. The minimum absolute atomic E-state index is 0.104. The lowest BCUT2D eigenvalue weighted by atomic mass is 10.1. The number of aromatic carboxylic acids is 1. The molecule has 0 saturated carbocycles. The normalized spacial score (nSPS) is 12.2. The van der Waals surface area contributed by atoms with E-state index in [1.54, 1.807) is 34.7 Å². The van der Waals surface area contributed by atoms with E-state index < -0.39 is 5.97 Å². The first kappa shape index (κ1) is 16.5. The summed E-state index contributed by atoms with van der Waals surface area (Å²) in [6, 6.07) is 17.3. The zero-order valence-corrected chi connectivity index (χ0v) is 15.1. The van der Waals surface area contributed by atoms with E-state index in [1.165, 1.54) is 23.5 Å². The fourth-order valence-corrected chi connectivity index (χ4v) is 4.06. The Morgan fingerprint density at radius 1 is 1.07 bits per heavy atom. The van der Waals surface area contributed by atoms with Crippen LogP contribution in [0.4, 0.5) is 0 Å². The highest BCUT2D eigenvalue weighted by Gasteiger charge is 2.11. The van der Waals surface area contributed by atoms with Crippen LogP contribution < -0.4 is 15.2 Å². The molecule has 5 aromatic rings. The first-order valence-corrected chi connectivity index (χ1v) is 9.25. The number of hydrogen-bond donors (Lipinski definition) is 0. The molecule has 5 rings (SSSR count). The first-order valence-electron chi connectivity index (χ1n) is 8.43. The summed E-state index contributed by atoms with van der Waals surface area (Å²) in [7, 11) is 0. The number of fused-ring (bicyclic) bond motifs is 3. The van der Waals surface area contributed by atoms with E-state index in [9.17, 15) is 14.7 Å². The molecule has 28 heavy (non-hydrogen) atoms. The molecule has 0 atom stereocenters. The number of carboxylic acid groups (broad SMARTS) is 1. The number of nitrogens with zero attached hydrogens (tertiary/aromatic N) is 2. The monoisotopic (exact) mass is 387 g/mol. The van der Waals surface area contributed by atoms with Crippen LogP contribution in [0.3, 0.4) is 0 Å². The van der Waals surface area contributed by atoms with E-state index in [0.29, 0.717) is 21.0 Å². The zero-order chi connectivity index (χ0) is 19.3. The average molecular weight is 387 g/mol. The molecule has 0 aliphatic carbocycles. The molecule has 2 aromatic carbocycles. The van der Waals surface area contributed by atoms with Gasteiger partial charge in [0, 0.05) is 11.6 Å². The predicted octanol–water partition coefficient (Wildman–Crippen LogP) is 2.08. The summed E-state index contributed by atoms with van der Waals surface area (Å²) in [4.78, 5) is 28.8. The van der Waals surface area contributed by atoms with Gasteiger partial charge in [-0.05, 0) is 29.8 Å². The third kappa shape index (κ3) is 2.60. The molecule has 0 aliphatic rings. The fourth-order valence-electron chi connectivity index (χ4n) is 3.10. The van der Waals surface area contributed by atoms with Gasteiger partial charge in [-0.3, -0.25) is 4.79 Å². The van der Waals surface area contributed by atoms with Gasteiger partial charge in [0.1, 0.15) is 16.1 Å². The van der Waals surface area contributed by atoms with Crippen LogP contribution in [0.2, 0.25) is 0 Å². The largest absolute Gasteiger partial charge is 0.545 e. The van der Waals surface area contributed by atoms with Crippen molar-refractivity contribution in [2.75, 3.05) is 0 Å². The van der Waals surface area contributed by atoms with E-state index >= 15 is 0 Å². The minimum Gasteiger partial charge on any atom is -0.545 e. The number of carboxylic acids is 1. The lowest BCUT2D eigenvalue weighted by Gasteiger charge is -2.02. The molecule has 0 unspecified atom stereocenters. The quantitative estimate of drug-likeness (QED) is 0.473. The van der Waals surface area contributed by atoms with Crippen LogP contribution in [0.5, 0.6) is 0 Å². The van der Waals surface area contributed by atoms with Crippen molar-refractivity contribution in [1.82, 2.24) is 9.38 Å². The SMILES string of the molecule is O=C([O-])c1ccc(-c2ccc(/C=c3/sc4nc5ccccc5n4c3=O)o2)cc1. The summed E-state index contributed by atoms with van der Waals surface area (Å²) in [5.74, 6) is -0.113. The van der Waals surface area contributed by atoms with Gasteiger partial charge in [0.15, 0.2) is 4.96 Å². The minimum atomic E-state index is -1.22. The molecule has 0 aliphatic heterocycles. The van der Waals surface area contributed by atoms with Crippen LogP contribution in [-0.4, -0.2) is 15.4 Å². The lowest BCUT2D eigenvalue weighted by Crippen LogP contribution is -2.22.